The fraction of sp³-hybridized carbons (Fsp3) is 0.231. The summed E-state index contributed by atoms with van der Waals surface area (Å²) in [4.78, 5) is 0. The van der Waals surface area contributed by atoms with Crippen LogP contribution in [0.2, 0.25) is 10.0 Å². The van der Waals surface area contributed by atoms with Crippen molar-refractivity contribution in [2.45, 2.75) is 12.0 Å². The summed E-state index contributed by atoms with van der Waals surface area (Å²) in [5, 5.41) is 11.7. The van der Waals surface area contributed by atoms with E-state index in [1.54, 1.807) is 18.2 Å². The van der Waals surface area contributed by atoms with E-state index in [1.807, 2.05) is 6.07 Å². The summed E-state index contributed by atoms with van der Waals surface area (Å²) in [5.41, 5.74) is 7.29. The third-order valence-electron chi connectivity index (χ3n) is 3.01. The summed E-state index contributed by atoms with van der Waals surface area (Å²) >= 11 is 20.8. The molecule has 0 amide bonds. The molecule has 2 unspecified atom stereocenters. The number of rotatable bonds is 4. The Morgan fingerprint density at radius 3 is 2.30 bits per heavy atom. The molecule has 0 aliphatic carbocycles. The SMILES string of the molecule is NCC(c1c(Cl)cccc1Cl)C(O)c1cc(Br)sc1Br. The third kappa shape index (κ3) is 3.40. The zero-order chi connectivity index (χ0) is 14.9. The number of halogens is 4. The normalized spacial score (nSPS) is 14.3. The summed E-state index contributed by atoms with van der Waals surface area (Å²) in [6, 6.07) is 7.13. The van der Waals surface area contributed by atoms with Crippen molar-refractivity contribution in [1.82, 2.24) is 0 Å². The molecular formula is C13H11Br2Cl2NOS. The lowest BCUT2D eigenvalue weighted by Crippen LogP contribution is -2.20. The van der Waals surface area contributed by atoms with Gasteiger partial charge < -0.3 is 10.8 Å². The molecule has 0 saturated carbocycles. The standard InChI is InChI=1S/C13H11Br2Cl2NOS/c14-10-4-6(13(15)20-10)12(19)7(5-18)11-8(16)2-1-3-9(11)17/h1-4,7,12,19H,5,18H2. The molecule has 0 saturated heterocycles. The van der Waals surface area contributed by atoms with Crippen LogP contribution in [0, 0.1) is 0 Å². The maximum atomic E-state index is 10.6. The zero-order valence-electron chi connectivity index (χ0n) is 10.1. The lowest BCUT2D eigenvalue weighted by molar-refractivity contribution is 0.147. The van der Waals surface area contributed by atoms with Crippen molar-refractivity contribution in [2.75, 3.05) is 6.54 Å². The van der Waals surface area contributed by atoms with Crippen LogP contribution in [0.5, 0.6) is 0 Å². The molecular weight excluding hydrogens is 449 g/mol. The quantitative estimate of drug-likeness (QED) is 0.646. The van der Waals surface area contributed by atoms with E-state index in [4.69, 9.17) is 28.9 Å². The van der Waals surface area contributed by atoms with Gasteiger partial charge in [-0.2, -0.15) is 0 Å². The highest BCUT2D eigenvalue weighted by Crippen LogP contribution is 2.43. The van der Waals surface area contributed by atoms with E-state index < -0.39 is 6.10 Å². The molecule has 2 rings (SSSR count). The first-order chi connectivity index (χ1) is 9.45. The minimum absolute atomic E-state index is 0.241. The molecule has 1 aromatic carbocycles. The molecule has 2 nitrogen and oxygen atoms in total. The van der Waals surface area contributed by atoms with E-state index in [2.05, 4.69) is 31.9 Å². The molecule has 2 atom stereocenters. The number of aliphatic hydroxyl groups is 1. The second-order valence-corrected chi connectivity index (χ2v) is 8.77. The maximum Gasteiger partial charge on any atom is 0.0891 e. The van der Waals surface area contributed by atoms with Crippen molar-refractivity contribution in [3.63, 3.8) is 0 Å². The molecule has 0 bridgehead atoms. The van der Waals surface area contributed by atoms with Crippen molar-refractivity contribution < 1.29 is 5.11 Å². The molecule has 7 heteroatoms. The van der Waals surface area contributed by atoms with Gasteiger partial charge in [0.05, 0.1) is 13.7 Å². The Kier molecular flexibility index (Phi) is 5.94. The number of hydrogen-bond acceptors (Lipinski definition) is 3. The molecule has 0 aliphatic heterocycles. The van der Waals surface area contributed by atoms with Crippen LogP contribution >= 0.6 is 66.4 Å². The number of thiophene rings is 1. The molecule has 1 heterocycles. The molecule has 0 aliphatic rings. The van der Waals surface area contributed by atoms with Crippen LogP contribution in [-0.2, 0) is 0 Å². The summed E-state index contributed by atoms with van der Waals surface area (Å²) in [7, 11) is 0. The highest BCUT2D eigenvalue weighted by atomic mass is 79.9. The molecule has 0 spiro atoms. The maximum absolute atomic E-state index is 10.6. The van der Waals surface area contributed by atoms with Gasteiger partial charge in [0.15, 0.2) is 0 Å². The zero-order valence-corrected chi connectivity index (χ0v) is 15.6. The van der Waals surface area contributed by atoms with Gasteiger partial charge in [-0.3, -0.25) is 0 Å². The van der Waals surface area contributed by atoms with Gasteiger partial charge in [0.2, 0.25) is 0 Å². The molecule has 0 fully saturated rings. The first-order valence-electron chi connectivity index (χ1n) is 5.72. The van der Waals surface area contributed by atoms with Gasteiger partial charge in [0, 0.05) is 28.1 Å². The van der Waals surface area contributed by atoms with Crippen molar-refractivity contribution in [3.8, 4) is 0 Å². The molecule has 108 valence electrons. The van der Waals surface area contributed by atoms with Crippen LogP contribution in [0.15, 0.2) is 31.8 Å². The van der Waals surface area contributed by atoms with Gasteiger partial charge in [-0.05, 0) is 55.6 Å². The second-order valence-electron chi connectivity index (χ2n) is 4.20. The number of hydrogen-bond donors (Lipinski definition) is 2. The van der Waals surface area contributed by atoms with E-state index in [0.717, 1.165) is 13.1 Å². The molecule has 0 radical (unpaired) electrons. The van der Waals surface area contributed by atoms with Gasteiger partial charge in [-0.1, -0.05) is 29.3 Å². The van der Waals surface area contributed by atoms with Crippen molar-refractivity contribution in [3.05, 3.63) is 53.0 Å². The predicted molar refractivity (Wildman–Crippen MR) is 92.9 cm³/mol. The van der Waals surface area contributed by atoms with Crippen molar-refractivity contribution >= 4 is 66.4 Å². The highest BCUT2D eigenvalue weighted by molar-refractivity contribution is 9.12. The monoisotopic (exact) mass is 457 g/mol. The summed E-state index contributed by atoms with van der Waals surface area (Å²) in [6.07, 6.45) is -0.783. The highest BCUT2D eigenvalue weighted by Gasteiger charge is 2.28. The first kappa shape index (κ1) is 16.7. The average molecular weight is 460 g/mol. The van der Waals surface area contributed by atoms with Gasteiger partial charge in [-0.25, -0.2) is 0 Å². The van der Waals surface area contributed by atoms with Crippen LogP contribution < -0.4 is 5.73 Å². The fourth-order valence-electron chi connectivity index (χ4n) is 2.04. The van der Waals surface area contributed by atoms with Crippen molar-refractivity contribution in [1.29, 1.82) is 0 Å². The van der Waals surface area contributed by atoms with Crippen LogP contribution in [0.1, 0.15) is 23.1 Å². The minimum atomic E-state index is -0.783. The lowest BCUT2D eigenvalue weighted by Gasteiger charge is -2.23. The number of aliphatic hydroxyl groups excluding tert-OH is 1. The minimum Gasteiger partial charge on any atom is -0.388 e. The van der Waals surface area contributed by atoms with Crippen LogP contribution in [-0.4, -0.2) is 11.7 Å². The first-order valence-corrected chi connectivity index (χ1v) is 8.88. The lowest BCUT2D eigenvalue weighted by atomic mass is 9.90. The Morgan fingerprint density at radius 1 is 1.25 bits per heavy atom. The predicted octanol–water partition coefficient (Wildman–Crippen LogP) is 5.36. The van der Waals surface area contributed by atoms with Crippen LogP contribution in [0.3, 0.4) is 0 Å². The number of nitrogens with two attached hydrogens (primary N) is 1. The average Bonchev–Trinajstić information content (AvgIpc) is 2.72. The Balaban J connectivity index is 2.45. The summed E-state index contributed by atoms with van der Waals surface area (Å²) < 4.78 is 1.79. The van der Waals surface area contributed by atoms with Gasteiger partial charge in [0.1, 0.15) is 0 Å². The number of benzene rings is 1. The van der Waals surface area contributed by atoms with Crippen LogP contribution in [0.25, 0.3) is 0 Å². The third-order valence-corrected chi connectivity index (χ3v) is 6.05. The fourth-order valence-corrected chi connectivity index (χ4v) is 5.63. The Morgan fingerprint density at radius 2 is 1.85 bits per heavy atom. The smallest absolute Gasteiger partial charge is 0.0891 e. The van der Waals surface area contributed by atoms with E-state index in [9.17, 15) is 5.11 Å². The topological polar surface area (TPSA) is 46.2 Å². The van der Waals surface area contributed by atoms with E-state index in [1.165, 1.54) is 11.3 Å². The summed E-state index contributed by atoms with van der Waals surface area (Å²) in [6.45, 7) is 0.241. The molecule has 2 aromatic rings. The van der Waals surface area contributed by atoms with Crippen LogP contribution in [0.4, 0.5) is 0 Å². The Hall–Kier alpha value is 0.380. The van der Waals surface area contributed by atoms with Crippen molar-refractivity contribution in [2.24, 2.45) is 5.73 Å². The molecule has 1 aromatic heterocycles. The van der Waals surface area contributed by atoms with Gasteiger partial charge in [-0.15, -0.1) is 11.3 Å². The van der Waals surface area contributed by atoms with E-state index in [-0.39, 0.29) is 12.5 Å². The van der Waals surface area contributed by atoms with E-state index >= 15 is 0 Å². The second kappa shape index (κ2) is 7.09. The Bertz CT molecular complexity index is 600. The summed E-state index contributed by atoms with van der Waals surface area (Å²) in [5.74, 6) is -0.367. The largest absolute Gasteiger partial charge is 0.388 e. The van der Waals surface area contributed by atoms with Gasteiger partial charge >= 0.3 is 0 Å². The molecule has 3 N–H and O–H groups in total. The van der Waals surface area contributed by atoms with Gasteiger partial charge in [0.25, 0.3) is 0 Å². The Labute approximate surface area is 148 Å². The van der Waals surface area contributed by atoms with E-state index in [0.29, 0.717) is 15.6 Å². The molecule has 20 heavy (non-hydrogen) atoms.